The Morgan fingerprint density at radius 2 is 1.25 bits per heavy atom. The molecule has 0 heterocycles. The molecule has 0 aliphatic carbocycles. The van der Waals surface area contributed by atoms with Crippen LogP contribution in [0.25, 0.3) is 0 Å². The standard InChI is InChI=1S/H2OSi.V.Zr/c1-2;;/h2H2;;. The van der Waals surface area contributed by atoms with E-state index in [1.54, 1.807) is 0 Å². The third kappa shape index (κ3) is 9.76. The Labute approximate surface area is 59.0 Å². The van der Waals surface area contributed by atoms with Crippen molar-refractivity contribution in [2.75, 3.05) is 0 Å². The van der Waals surface area contributed by atoms with E-state index < -0.39 is 0 Å². The van der Waals surface area contributed by atoms with E-state index in [0.717, 1.165) is 0 Å². The van der Waals surface area contributed by atoms with E-state index in [1.165, 1.54) is 0 Å². The zero-order chi connectivity index (χ0) is 2.00. The molecule has 0 aromatic heterocycles. The van der Waals surface area contributed by atoms with E-state index in [0.29, 0.717) is 10.1 Å². The second kappa shape index (κ2) is 24.7. The Morgan fingerprint density at radius 3 is 1.25 bits per heavy atom. The molecular formula is H2OSiVZr. The van der Waals surface area contributed by atoms with Gasteiger partial charge in [0.05, 0.1) is 0 Å². The van der Waals surface area contributed by atoms with E-state index in [4.69, 9.17) is 4.46 Å². The first kappa shape index (κ1) is 17.9. The monoisotopic (exact) mass is 187 g/mol. The molecule has 1 radical (unpaired) electrons. The molecular weight excluding hydrogens is 186 g/mol. The average molecular weight is 188 g/mol. The summed E-state index contributed by atoms with van der Waals surface area (Å²) in [5, 5.41) is 0. The molecule has 0 aliphatic heterocycles. The fraction of sp³-hybridized carbons (Fsp3) is 0. The van der Waals surface area contributed by atoms with Crippen LogP contribution < -0.4 is 0 Å². The zero-order valence-electron chi connectivity index (χ0n) is 2.06. The van der Waals surface area contributed by atoms with Crippen molar-refractivity contribution in [3.8, 4) is 0 Å². The van der Waals surface area contributed by atoms with Gasteiger partial charge in [-0.1, -0.05) is 0 Å². The zero-order valence-corrected chi connectivity index (χ0v) is 7.33. The Bertz CT molecular complexity index is 8.00. The molecule has 1 nitrogen and oxygen atoms in total. The van der Waals surface area contributed by atoms with E-state index in [1.807, 2.05) is 0 Å². The van der Waals surface area contributed by atoms with Gasteiger partial charge in [0, 0.05) is 44.8 Å². The van der Waals surface area contributed by atoms with Crippen LogP contribution in [0.5, 0.6) is 0 Å². The Morgan fingerprint density at radius 1 is 1.25 bits per heavy atom. The van der Waals surface area contributed by atoms with Gasteiger partial charge in [0.25, 0.3) is 0 Å². The summed E-state index contributed by atoms with van der Waals surface area (Å²) in [5.41, 5.74) is 0. The molecule has 0 aliphatic rings. The largest absolute Gasteiger partial charge is 0.396 e. The van der Waals surface area contributed by atoms with Gasteiger partial charge in [0.2, 0.25) is 10.1 Å². The van der Waals surface area contributed by atoms with Crippen LogP contribution in [-0.4, -0.2) is 10.1 Å². The van der Waals surface area contributed by atoms with Crippen LogP contribution in [0, 0.1) is 0 Å². The smallest absolute Gasteiger partial charge is 0.245 e. The summed E-state index contributed by atoms with van der Waals surface area (Å²) in [5.74, 6) is 0. The van der Waals surface area contributed by atoms with Gasteiger partial charge in [-0.3, -0.25) is 0 Å². The summed E-state index contributed by atoms with van der Waals surface area (Å²) in [6, 6.07) is 0. The van der Waals surface area contributed by atoms with Gasteiger partial charge >= 0.3 is 0 Å². The first-order valence-electron chi connectivity index (χ1n) is 0.289. The summed E-state index contributed by atoms with van der Waals surface area (Å²) in [4.78, 5) is 0. The molecule has 4 heavy (non-hydrogen) atoms. The molecule has 0 unspecified atom stereocenters. The van der Waals surface area contributed by atoms with Crippen molar-refractivity contribution in [1.29, 1.82) is 0 Å². The van der Waals surface area contributed by atoms with Crippen LogP contribution in [0.2, 0.25) is 0 Å². The van der Waals surface area contributed by atoms with E-state index in [-0.39, 0.29) is 44.8 Å². The SMILES string of the molecule is O=[SiH2].[V].[Zr]. The maximum absolute atomic E-state index is 8.28. The van der Waals surface area contributed by atoms with Crippen molar-refractivity contribution in [2.24, 2.45) is 0 Å². The van der Waals surface area contributed by atoms with Crippen LogP contribution in [0.1, 0.15) is 0 Å². The van der Waals surface area contributed by atoms with Gasteiger partial charge < -0.3 is 4.46 Å². The van der Waals surface area contributed by atoms with E-state index >= 15 is 0 Å². The maximum atomic E-state index is 8.28. The van der Waals surface area contributed by atoms with Crippen molar-refractivity contribution in [3.05, 3.63) is 0 Å². The van der Waals surface area contributed by atoms with Gasteiger partial charge in [0.1, 0.15) is 0 Å². The molecule has 0 saturated carbocycles. The topological polar surface area (TPSA) is 17.1 Å². The normalized spacial score (nSPS) is 1.00. The molecule has 0 saturated heterocycles. The van der Waals surface area contributed by atoms with Crippen LogP contribution in [-0.2, 0) is 49.2 Å². The van der Waals surface area contributed by atoms with Gasteiger partial charge in [-0.2, -0.15) is 0 Å². The Kier molecular flexibility index (Phi) is 110. The maximum Gasteiger partial charge on any atom is 0.245 e. The fourth-order valence-corrected chi connectivity index (χ4v) is 0. The van der Waals surface area contributed by atoms with E-state index in [9.17, 15) is 0 Å². The summed E-state index contributed by atoms with van der Waals surface area (Å²) in [7, 11) is 0.611. The third-order valence-electron chi connectivity index (χ3n) is 0. The summed E-state index contributed by atoms with van der Waals surface area (Å²) >= 11 is 0. The molecule has 0 fully saturated rings. The van der Waals surface area contributed by atoms with Gasteiger partial charge in [-0.15, -0.1) is 0 Å². The first-order valence-corrected chi connectivity index (χ1v) is 0.866. The van der Waals surface area contributed by atoms with Crippen LogP contribution in [0.15, 0.2) is 0 Å². The molecule has 0 aromatic carbocycles. The van der Waals surface area contributed by atoms with Gasteiger partial charge in [-0.25, -0.2) is 0 Å². The molecule has 0 N–H and O–H groups in total. The van der Waals surface area contributed by atoms with Gasteiger partial charge in [0.15, 0.2) is 0 Å². The van der Waals surface area contributed by atoms with Crippen molar-refractivity contribution >= 4 is 10.1 Å². The summed E-state index contributed by atoms with van der Waals surface area (Å²) in [6.45, 7) is 0. The molecule has 0 amide bonds. The number of hydrogen-bond acceptors (Lipinski definition) is 1. The predicted octanol–water partition coefficient (Wildman–Crippen LogP) is -1.04. The van der Waals surface area contributed by atoms with E-state index in [2.05, 4.69) is 0 Å². The van der Waals surface area contributed by atoms with Gasteiger partial charge in [-0.05, 0) is 0 Å². The van der Waals surface area contributed by atoms with Crippen molar-refractivity contribution in [3.63, 3.8) is 0 Å². The second-order valence-corrected chi connectivity index (χ2v) is 0. The number of hydrogen-bond donors (Lipinski definition) is 0. The Hall–Kier alpha value is 1.48. The molecule has 0 rings (SSSR count). The van der Waals surface area contributed by atoms with Crippen LogP contribution >= 0.6 is 0 Å². The number of rotatable bonds is 0. The minimum Gasteiger partial charge on any atom is -0.396 e. The predicted molar refractivity (Wildman–Crippen MR) is 9.23 cm³/mol. The van der Waals surface area contributed by atoms with Crippen LogP contribution in [0.3, 0.4) is 0 Å². The minimum atomic E-state index is 0. The minimum absolute atomic E-state index is 0. The van der Waals surface area contributed by atoms with Crippen molar-refractivity contribution in [1.82, 2.24) is 0 Å². The molecule has 0 spiro atoms. The third-order valence-corrected chi connectivity index (χ3v) is 0. The molecule has 0 atom stereocenters. The van der Waals surface area contributed by atoms with Crippen molar-refractivity contribution in [2.45, 2.75) is 0 Å². The average Bonchev–Trinajstić information content (AvgIpc) is 1.00. The first-order chi connectivity index (χ1) is 1.00. The molecule has 0 aromatic rings. The molecule has 0 bridgehead atoms. The summed E-state index contributed by atoms with van der Waals surface area (Å²) in [6.07, 6.45) is 0. The van der Waals surface area contributed by atoms with Crippen LogP contribution in [0.4, 0.5) is 0 Å². The Balaban J connectivity index is -0.00000000500. The quantitative estimate of drug-likeness (QED) is 0.444. The van der Waals surface area contributed by atoms with Crippen molar-refractivity contribution < 1.29 is 49.2 Å². The fourth-order valence-electron chi connectivity index (χ4n) is 0. The second-order valence-electron chi connectivity index (χ2n) is 0. The molecule has 4 heteroatoms. The molecule has 21 valence electrons. The summed E-state index contributed by atoms with van der Waals surface area (Å²) < 4.78 is 8.28.